The van der Waals surface area contributed by atoms with Crippen LogP contribution in [-0.2, 0) is 6.54 Å². The number of nitrogens with one attached hydrogen (secondary N) is 1. The van der Waals surface area contributed by atoms with Crippen LogP contribution in [-0.4, -0.2) is 68.8 Å². The van der Waals surface area contributed by atoms with Gasteiger partial charge in [-0.05, 0) is 47.0 Å². The lowest BCUT2D eigenvalue weighted by Gasteiger charge is -2.32. The Morgan fingerprint density at radius 1 is 1.25 bits per heavy atom. The van der Waals surface area contributed by atoms with E-state index < -0.39 is 0 Å². The van der Waals surface area contributed by atoms with Crippen molar-refractivity contribution in [3.05, 3.63) is 22.2 Å². The fraction of sp³-hybridized carbons (Fsp3) is 0.667. The molecule has 1 aromatic rings. The van der Waals surface area contributed by atoms with Crippen LogP contribution in [0.15, 0.2) is 16.6 Å². The summed E-state index contributed by atoms with van der Waals surface area (Å²) in [5.41, 5.74) is 1.27. The number of ether oxygens (including phenoxy) is 2. The second-order valence-electron chi connectivity index (χ2n) is 6.51. The lowest BCUT2D eigenvalue weighted by Crippen LogP contribution is -2.49. The van der Waals surface area contributed by atoms with E-state index in [-0.39, 0.29) is 0 Å². The van der Waals surface area contributed by atoms with Gasteiger partial charge in [-0.1, -0.05) is 0 Å². The number of likely N-dealkylation sites (tertiary alicyclic amines) is 1. The van der Waals surface area contributed by atoms with Crippen LogP contribution in [0.25, 0.3) is 0 Å². The number of nitrogens with zero attached hydrogens (tertiary/aromatic N) is 2. The molecule has 0 bridgehead atoms. The molecule has 1 N–H and O–H groups in total. The molecule has 3 rings (SSSR count). The molecule has 1 unspecified atom stereocenters. The molecule has 0 radical (unpaired) electrons. The van der Waals surface area contributed by atoms with Crippen molar-refractivity contribution in [1.82, 2.24) is 15.1 Å². The van der Waals surface area contributed by atoms with Crippen molar-refractivity contribution in [3.8, 4) is 11.5 Å². The third kappa shape index (κ3) is 4.23. The second-order valence-corrected chi connectivity index (χ2v) is 7.36. The molecule has 0 amide bonds. The number of halogens is 1. The van der Waals surface area contributed by atoms with Crippen molar-refractivity contribution in [2.45, 2.75) is 25.9 Å². The maximum Gasteiger partial charge on any atom is 0.175 e. The van der Waals surface area contributed by atoms with Crippen LogP contribution >= 0.6 is 15.9 Å². The van der Waals surface area contributed by atoms with Crippen LogP contribution in [0.1, 0.15) is 18.9 Å². The zero-order chi connectivity index (χ0) is 16.9. The molecule has 0 aromatic heterocycles. The topological polar surface area (TPSA) is 37.0 Å². The predicted molar refractivity (Wildman–Crippen MR) is 100.0 cm³/mol. The minimum atomic E-state index is 0.632. The first-order valence-electron chi connectivity index (χ1n) is 8.87. The van der Waals surface area contributed by atoms with Gasteiger partial charge < -0.3 is 14.8 Å². The lowest BCUT2D eigenvalue weighted by molar-refractivity contribution is 0.170. The molecular weight excluding hydrogens is 370 g/mol. The van der Waals surface area contributed by atoms with Gasteiger partial charge in [0, 0.05) is 51.9 Å². The number of hydrogen-bond donors (Lipinski definition) is 1. The molecule has 0 spiro atoms. The predicted octanol–water partition coefficient (Wildman–Crippen LogP) is 2.34. The standard InChI is InChI=1S/C18H28BrN3O2/c1-3-24-18-16(19)10-14(11-17(18)23-2)12-21-7-4-15(13-21)22-8-5-20-6-9-22/h10-11,15,20H,3-9,12-13H2,1-2H3. The monoisotopic (exact) mass is 397 g/mol. The maximum absolute atomic E-state index is 5.68. The summed E-state index contributed by atoms with van der Waals surface area (Å²) in [4.78, 5) is 5.19. The smallest absolute Gasteiger partial charge is 0.175 e. The molecule has 2 aliphatic rings. The molecule has 2 heterocycles. The van der Waals surface area contributed by atoms with Crippen LogP contribution in [0.3, 0.4) is 0 Å². The Morgan fingerprint density at radius 3 is 2.75 bits per heavy atom. The summed E-state index contributed by atoms with van der Waals surface area (Å²) < 4.78 is 12.2. The van der Waals surface area contributed by atoms with Gasteiger partial charge in [-0.3, -0.25) is 9.80 Å². The Balaban J connectivity index is 1.63. The van der Waals surface area contributed by atoms with E-state index in [9.17, 15) is 0 Å². The molecule has 1 atom stereocenters. The highest BCUT2D eigenvalue weighted by molar-refractivity contribution is 9.10. The van der Waals surface area contributed by atoms with Gasteiger partial charge in [-0.2, -0.15) is 0 Å². The molecule has 2 saturated heterocycles. The van der Waals surface area contributed by atoms with E-state index in [1.165, 1.54) is 31.6 Å². The third-order valence-electron chi connectivity index (χ3n) is 4.90. The molecule has 24 heavy (non-hydrogen) atoms. The first-order chi connectivity index (χ1) is 11.7. The minimum absolute atomic E-state index is 0.632. The Morgan fingerprint density at radius 2 is 2.04 bits per heavy atom. The number of hydrogen-bond acceptors (Lipinski definition) is 5. The van der Waals surface area contributed by atoms with Gasteiger partial charge in [0.1, 0.15) is 0 Å². The van der Waals surface area contributed by atoms with E-state index in [4.69, 9.17) is 9.47 Å². The fourth-order valence-corrected chi connectivity index (χ4v) is 4.31. The van der Waals surface area contributed by atoms with Gasteiger partial charge in [0.25, 0.3) is 0 Å². The van der Waals surface area contributed by atoms with Crippen molar-refractivity contribution in [2.24, 2.45) is 0 Å². The van der Waals surface area contributed by atoms with Crippen LogP contribution in [0.5, 0.6) is 11.5 Å². The van der Waals surface area contributed by atoms with Crippen molar-refractivity contribution >= 4 is 15.9 Å². The number of rotatable bonds is 6. The quantitative estimate of drug-likeness (QED) is 0.796. The van der Waals surface area contributed by atoms with E-state index >= 15 is 0 Å². The summed E-state index contributed by atoms with van der Waals surface area (Å²) in [5.74, 6) is 1.60. The molecule has 5 nitrogen and oxygen atoms in total. The maximum atomic E-state index is 5.68. The normalized spacial score (nSPS) is 22.7. The summed E-state index contributed by atoms with van der Waals surface area (Å²) >= 11 is 3.62. The van der Waals surface area contributed by atoms with Crippen LogP contribution in [0.4, 0.5) is 0 Å². The molecule has 0 aliphatic carbocycles. The average molecular weight is 398 g/mol. The summed E-state index contributed by atoms with van der Waals surface area (Å²) in [6.45, 7) is 10.5. The fourth-order valence-electron chi connectivity index (χ4n) is 3.71. The molecule has 0 saturated carbocycles. The van der Waals surface area contributed by atoms with Crippen LogP contribution in [0, 0.1) is 0 Å². The van der Waals surface area contributed by atoms with Gasteiger partial charge in [-0.15, -0.1) is 0 Å². The highest BCUT2D eigenvalue weighted by atomic mass is 79.9. The van der Waals surface area contributed by atoms with E-state index in [1.807, 2.05) is 6.92 Å². The van der Waals surface area contributed by atoms with Crippen molar-refractivity contribution in [3.63, 3.8) is 0 Å². The first kappa shape index (κ1) is 18.0. The Labute approximate surface area is 153 Å². The zero-order valence-corrected chi connectivity index (χ0v) is 16.3. The average Bonchev–Trinajstić information content (AvgIpc) is 3.06. The van der Waals surface area contributed by atoms with Crippen LogP contribution in [0.2, 0.25) is 0 Å². The highest BCUT2D eigenvalue weighted by Gasteiger charge is 2.28. The molecule has 134 valence electrons. The van der Waals surface area contributed by atoms with Gasteiger partial charge >= 0.3 is 0 Å². The molecular formula is C18H28BrN3O2. The molecule has 2 fully saturated rings. The number of piperazine rings is 1. The Hall–Kier alpha value is -0.820. The minimum Gasteiger partial charge on any atom is -0.493 e. The summed E-state index contributed by atoms with van der Waals surface area (Å²) in [5, 5.41) is 3.44. The Bertz CT molecular complexity index is 549. The molecule has 1 aromatic carbocycles. The van der Waals surface area contributed by atoms with Crippen molar-refractivity contribution in [1.29, 1.82) is 0 Å². The molecule has 6 heteroatoms. The highest BCUT2D eigenvalue weighted by Crippen LogP contribution is 2.37. The van der Waals surface area contributed by atoms with Gasteiger partial charge in [0.2, 0.25) is 0 Å². The van der Waals surface area contributed by atoms with E-state index in [0.717, 1.165) is 42.2 Å². The molecule has 2 aliphatic heterocycles. The number of methoxy groups -OCH3 is 1. The third-order valence-corrected chi connectivity index (χ3v) is 5.49. The SMILES string of the molecule is CCOc1c(Br)cc(CN2CCC(N3CCNCC3)C2)cc1OC. The number of benzene rings is 1. The van der Waals surface area contributed by atoms with Crippen LogP contribution < -0.4 is 14.8 Å². The van der Waals surface area contributed by atoms with E-state index in [0.29, 0.717) is 12.6 Å². The van der Waals surface area contributed by atoms with Gasteiger partial charge in [-0.25, -0.2) is 0 Å². The second kappa shape index (κ2) is 8.52. The first-order valence-corrected chi connectivity index (χ1v) is 9.67. The lowest BCUT2D eigenvalue weighted by atomic mass is 10.2. The summed E-state index contributed by atoms with van der Waals surface area (Å²) in [6, 6.07) is 4.97. The van der Waals surface area contributed by atoms with Crippen molar-refractivity contribution < 1.29 is 9.47 Å². The van der Waals surface area contributed by atoms with Gasteiger partial charge in [0.15, 0.2) is 11.5 Å². The Kier molecular flexibility index (Phi) is 6.38. The van der Waals surface area contributed by atoms with E-state index in [2.05, 4.69) is 43.2 Å². The zero-order valence-electron chi connectivity index (χ0n) is 14.7. The van der Waals surface area contributed by atoms with Crippen molar-refractivity contribution in [2.75, 3.05) is 53.0 Å². The van der Waals surface area contributed by atoms with Gasteiger partial charge in [0.05, 0.1) is 18.2 Å². The van der Waals surface area contributed by atoms with E-state index in [1.54, 1.807) is 7.11 Å². The largest absolute Gasteiger partial charge is 0.493 e. The summed E-state index contributed by atoms with van der Waals surface area (Å²) in [7, 11) is 1.70. The summed E-state index contributed by atoms with van der Waals surface area (Å²) in [6.07, 6.45) is 1.27.